The molecule has 1 aliphatic carbocycles. The van der Waals surface area contributed by atoms with E-state index >= 15 is 0 Å². The predicted molar refractivity (Wildman–Crippen MR) is 76.1 cm³/mol. The number of aromatic nitrogens is 1. The quantitative estimate of drug-likeness (QED) is 0.867. The Bertz CT molecular complexity index is 612. The standard InChI is InChI=1S/C16H16N2O2/c1-2-11-8-13(9-11)17-16(19)15-10-14(18-20-15)12-6-4-3-5-7-12/h2-7,10-11,13H,1,8-9H2,(H,17,19). The van der Waals surface area contributed by atoms with Gasteiger partial charge in [-0.2, -0.15) is 0 Å². The van der Waals surface area contributed by atoms with Crippen molar-refractivity contribution in [1.82, 2.24) is 10.5 Å². The van der Waals surface area contributed by atoms with Crippen LogP contribution in [0.5, 0.6) is 0 Å². The Morgan fingerprint density at radius 3 is 2.80 bits per heavy atom. The van der Waals surface area contributed by atoms with E-state index in [2.05, 4.69) is 17.1 Å². The van der Waals surface area contributed by atoms with E-state index in [4.69, 9.17) is 4.52 Å². The van der Waals surface area contributed by atoms with Crippen molar-refractivity contribution in [1.29, 1.82) is 0 Å². The molecular formula is C16H16N2O2. The summed E-state index contributed by atoms with van der Waals surface area (Å²) >= 11 is 0. The maximum Gasteiger partial charge on any atom is 0.290 e. The van der Waals surface area contributed by atoms with Gasteiger partial charge in [0.2, 0.25) is 5.76 Å². The van der Waals surface area contributed by atoms with Crippen molar-refractivity contribution in [3.05, 3.63) is 54.8 Å². The predicted octanol–water partition coefficient (Wildman–Crippen LogP) is 3.04. The molecule has 0 bridgehead atoms. The van der Waals surface area contributed by atoms with E-state index in [0.717, 1.165) is 18.4 Å². The molecule has 0 radical (unpaired) electrons. The highest BCUT2D eigenvalue weighted by atomic mass is 16.5. The van der Waals surface area contributed by atoms with Crippen LogP contribution >= 0.6 is 0 Å². The van der Waals surface area contributed by atoms with Gasteiger partial charge in [0, 0.05) is 17.7 Å². The Kier molecular flexibility index (Phi) is 3.37. The highest BCUT2D eigenvalue weighted by Gasteiger charge is 2.29. The number of amides is 1. The molecule has 0 unspecified atom stereocenters. The third-order valence-corrected chi connectivity index (χ3v) is 3.65. The molecular weight excluding hydrogens is 252 g/mol. The fourth-order valence-electron chi connectivity index (χ4n) is 2.36. The second-order valence-corrected chi connectivity index (χ2v) is 5.08. The molecule has 1 aromatic carbocycles. The maximum atomic E-state index is 12.0. The number of benzene rings is 1. The molecule has 3 rings (SSSR count). The number of nitrogens with one attached hydrogen (secondary N) is 1. The van der Waals surface area contributed by atoms with Gasteiger partial charge in [0.25, 0.3) is 5.91 Å². The minimum atomic E-state index is -0.202. The van der Waals surface area contributed by atoms with Crippen molar-refractivity contribution in [2.75, 3.05) is 0 Å². The maximum absolute atomic E-state index is 12.0. The second kappa shape index (κ2) is 5.33. The molecule has 2 aromatic rings. The smallest absolute Gasteiger partial charge is 0.290 e. The minimum Gasteiger partial charge on any atom is -0.350 e. The van der Waals surface area contributed by atoms with Gasteiger partial charge in [-0.3, -0.25) is 4.79 Å². The molecule has 4 heteroatoms. The highest BCUT2D eigenvalue weighted by molar-refractivity contribution is 5.92. The molecule has 1 N–H and O–H groups in total. The first-order valence-electron chi connectivity index (χ1n) is 6.72. The van der Waals surface area contributed by atoms with Crippen LogP contribution in [-0.4, -0.2) is 17.1 Å². The molecule has 1 aromatic heterocycles. The van der Waals surface area contributed by atoms with Gasteiger partial charge >= 0.3 is 0 Å². The number of carbonyl (C=O) groups is 1. The number of carbonyl (C=O) groups excluding carboxylic acids is 1. The van der Waals surface area contributed by atoms with E-state index in [0.29, 0.717) is 11.6 Å². The number of allylic oxidation sites excluding steroid dienone is 1. The van der Waals surface area contributed by atoms with E-state index in [1.165, 1.54) is 0 Å². The van der Waals surface area contributed by atoms with E-state index < -0.39 is 0 Å². The van der Waals surface area contributed by atoms with Gasteiger partial charge < -0.3 is 9.84 Å². The molecule has 1 aliphatic rings. The normalized spacial score (nSPS) is 21.0. The molecule has 102 valence electrons. The average molecular weight is 268 g/mol. The number of rotatable bonds is 4. The van der Waals surface area contributed by atoms with Crippen molar-refractivity contribution in [3.63, 3.8) is 0 Å². The van der Waals surface area contributed by atoms with Gasteiger partial charge in [0.05, 0.1) is 0 Å². The summed E-state index contributed by atoms with van der Waals surface area (Å²) in [5, 5.41) is 6.88. The number of hydrogen-bond acceptors (Lipinski definition) is 3. The fourth-order valence-corrected chi connectivity index (χ4v) is 2.36. The van der Waals surface area contributed by atoms with E-state index in [1.54, 1.807) is 6.07 Å². The van der Waals surface area contributed by atoms with E-state index in [9.17, 15) is 4.79 Å². The summed E-state index contributed by atoms with van der Waals surface area (Å²) in [5.41, 5.74) is 1.61. The van der Waals surface area contributed by atoms with Crippen LogP contribution in [0.2, 0.25) is 0 Å². The molecule has 0 aliphatic heterocycles. The van der Waals surface area contributed by atoms with Crippen LogP contribution < -0.4 is 5.32 Å². The van der Waals surface area contributed by atoms with Gasteiger partial charge in [0.15, 0.2) is 0 Å². The first kappa shape index (κ1) is 12.7. The molecule has 1 fully saturated rings. The van der Waals surface area contributed by atoms with Crippen molar-refractivity contribution in [2.24, 2.45) is 5.92 Å². The molecule has 4 nitrogen and oxygen atoms in total. The summed E-state index contributed by atoms with van der Waals surface area (Å²) in [7, 11) is 0. The van der Waals surface area contributed by atoms with Crippen molar-refractivity contribution >= 4 is 5.91 Å². The summed E-state index contributed by atoms with van der Waals surface area (Å²) in [4.78, 5) is 12.0. The lowest BCUT2D eigenvalue weighted by molar-refractivity contribution is 0.0865. The topological polar surface area (TPSA) is 55.1 Å². The summed E-state index contributed by atoms with van der Waals surface area (Å²) in [6.07, 6.45) is 3.84. The lowest BCUT2D eigenvalue weighted by Crippen LogP contribution is -2.43. The zero-order chi connectivity index (χ0) is 13.9. The molecule has 1 saturated carbocycles. The average Bonchev–Trinajstić information content (AvgIpc) is 2.93. The van der Waals surface area contributed by atoms with Gasteiger partial charge in [0.1, 0.15) is 5.69 Å². The summed E-state index contributed by atoms with van der Waals surface area (Å²) in [5.74, 6) is 0.577. The Morgan fingerprint density at radius 2 is 2.10 bits per heavy atom. The zero-order valence-corrected chi connectivity index (χ0v) is 11.1. The van der Waals surface area contributed by atoms with Gasteiger partial charge in [-0.05, 0) is 18.8 Å². The Morgan fingerprint density at radius 1 is 1.35 bits per heavy atom. The van der Waals surface area contributed by atoms with Crippen LogP contribution in [0, 0.1) is 5.92 Å². The molecule has 1 amide bonds. The summed E-state index contributed by atoms with van der Waals surface area (Å²) < 4.78 is 5.12. The fraction of sp³-hybridized carbons (Fsp3) is 0.250. The first-order chi connectivity index (χ1) is 9.76. The van der Waals surface area contributed by atoms with Crippen LogP contribution in [0.3, 0.4) is 0 Å². The molecule has 0 spiro atoms. The highest BCUT2D eigenvalue weighted by Crippen LogP contribution is 2.28. The number of nitrogens with zero attached hydrogens (tertiary/aromatic N) is 1. The lowest BCUT2D eigenvalue weighted by Gasteiger charge is -2.33. The zero-order valence-electron chi connectivity index (χ0n) is 11.1. The van der Waals surface area contributed by atoms with E-state index in [1.807, 2.05) is 36.4 Å². The van der Waals surface area contributed by atoms with Crippen molar-refractivity contribution < 1.29 is 9.32 Å². The molecule has 0 saturated heterocycles. The first-order valence-corrected chi connectivity index (χ1v) is 6.72. The summed E-state index contributed by atoms with van der Waals surface area (Å²) in [6, 6.07) is 11.5. The van der Waals surface area contributed by atoms with Crippen LogP contribution in [0.25, 0.3) is 11.3 Å². The Balaban J connectivity index is 1.65. The minimum absolute atomic E-state index is 0.202. The van der Waals surface area contributed by atoms with Gasteiger partial charge in [-0.25, -0.2) is 0 Å². The Hall–Kier alpha value is -2.36. The monoisotopic (exact) mass is 268 g/mol. The molecule has 0 atom stereocenters. The van der Waals surface area contributed by atoms with Crippen LogP contribution in [0.1, 0.15) is 23.4 Å². The molecule has 1 heterocycles. The SMILES string of the molecule is C=CC1CC(NC(=O)c2cc(-c3ccccc3)no2)C1. The Labute approximate surface area is 117 Å². The molecule has 20 heavy (non-hydrogen) atoms. The van der Waals surface area contributed by atoms with Crippen LogP contribution in [0.15, 0.2) is 53.6 Å². The third-order valence-electron chi connectivity index (χ3n) is 3.65. The number of hydrogen-bond donors (Lipinski definition) is 1. The lowest BCUT2D eigenvalue weighted by atomic mass is 9.80. The van der Waals surface area contributed by atoms with Crippen molar-refractivity contribution in [3.8, 4) is 11.3 Å². The van der Waals surface area contributed by atoms with Crippen LogP contribution in [0.4, 0.5) is 0 Å². The third kappa shape index (κ3) is 2.50. The second-order valence-electron chi connectivity index (χ2n) is 5.08. The van der Waals surface area contributed by atoms with E-state index in [-0.39, 0.29) is 17.7 Å². The van der Waals surface area contributed by atoms with Gasteiger partial charge in [-0.1, -0.05) is 41.6 Å². The summed E-state index contributed by atoms with van der Waals surface area (Å²) in [6.45, 7) is 3.75. The van der Waals surface area contributed by atoms with Crippen molar-refractivity contribution in [2.45, 2.75) is 18.9 Å². The largest absolute Gasteiger partial charge is 0.350 e. The van der Waals surface area contributed by atoms with Gasteiger partial charge in [-0.15, -0.1) is 6.58 Å². The van der Waals surface area contributed by atoms with Crippen LogP contribution in [-0.2, 0) is 0 Å².